The van der Waals surface area contributed by atoms with E-state index in [4.69, 9.17) is 0 Å². The Morgan fingerprint density at radius 3 is 0.684 bits per heavy atom. The van der Waals surface area contributed by atoms with Gasteiger partial charge in [0.25, 0.3) is 0 Å². The Kier molecular flexibility index (Phi) is 1770. The molecule has 0 heterocycles. The normalized spacial score (nSPS) is 0.316. The molecule has 0 spiro atoms. The monoisotopic (exact) mass is 1140 g/mol. The summed E-state index contributed by atoms with van der Waals surface area (Å²) in [5.41, 5.74) is 0. The molecular weight excluding hydrogens is 1100 g/mol. The molecule has 17 heteroatoms. The molecule has 2 radical (unpaired) electrons. The first kappa shape index (κ1) is 177. The van der Waals surface area contributed by atoms with Gasteiger partial charge in [0.2, 0.25) is 0 Å². The number of halogens is 4. The SMILES string of the molecule is CC.F.I.I.I.N.P.P.S.S.S.S.S.[3HH].[H-].[H-].[HH].[K+].[K+].[W].[Y].[Y]. The Bertz CT molecular complexity index is 71.7. The van der Waals surface area contributed by atoms with Crippen molar-refractivity contribution in [2.75, 3.05) is 0 Å². The molecule has 0 aromatic heterocycles. The van der Waals surface area contributed by atoms with Gasteiger partial charge in [-0.1, -0.05) is 13.8 Å². The van der Waals surface area contributed by atoms with Crippen molar-refractivity contribution in [1.29, 1.82) is 0 Å². The molecule has 2 unspecified atom stereocenters. The predicted octanol–water partition coefficient (Wildman–Crippen LogP) is -1.41. The molecule has 130 valence electrons. The Morgan fingerprint density at radius 1 is 0.684 bits per heavy atom. The third kappa shape index (κ3) is 177. The van der Waals surface area contributed by atoms with E-state index >= 15 is 0 Å². The van der Waals surface area contributed by atoms with Crippen LogP contribution in [0.2, 0.25) is 0 Å². The number of hydrogen-bond donors (Lipinski definition) is 1. The summed E-state index contributed by atoms with van der Waals surface area (Å²) in [7, 11) is 0. The summed E-state index contributed by atoms with van der Waals surface area (Å²) >= 11 is 0. The zero-order chi connectivity index (χ0) is 2.00. The van der Waals surface area contributed by atoms with Crippen molar-refractivity contribution in [3.05, 3.63) is 0 Å². The van der Waals surface area contributed by atoms with Crippen molar-refractivity contribution in [3.8, 4) is 0 Å². The zero-order valence-corrected chi connectivity index (χ0v) is 41.5. The van der Waals surface area contributed by atoms with Crippen LogP contribution in [0.3, 0.4) is 0 Å². The van der Waals surface area contributed by atoms with E-state index in [-0.39, 0.29) is 365 Å². The average Bonchev–Trinajstić information content (AvgIpc) is 1.00. The van der Waals surface area contributed by atoms with Crippen LogP contribution in [-0.2, 0) is 86.5 Å². The molecule has 1 nitrogen and oxygen atoms in total. The van der Waals surface area contributed by atoms with Crippen molar-refractivity contribution in [2.45, 2.75) is 13.8 Å². The summed E-state index contributed by atoms with van der Waals surface area (Å²) in [6.45, 7) is 4.00. The van der Waals surface area contributed by atoms with E-state index in [1.807, 2.05) is 13.8 Å². The van der Waals surface area contributed by atoms with Crippen LogP contribution in [0.1, 0.15) is 19.6 Å². The van der Waals surface area contributed by atoms with E-state index in [0.29, 0.717) is 0 Å². The molecule has 3 N–H and O–H groups in total. The molecule has 0 rings (SSSR count). The summed E-state index contributed by atoms with van der Waals surface area (Å²) in [6, 6.07) is 0. The molecule has 0 aliphatic carbocycles. The molecular formula is C2H35FI3K2NP2S5WY2. The molecule has 0 aliphatic heterocycles. The maximum absolute atomic E-state index is 2.00. The minimum absolute atomic E-state index is 0. The van der Waals surface area contributed by atoms with Crippen LogP contribution >= 0.6 is 159 Å². The van der Waals surface area contributed by atoms with Crippen LogP contribution in [0.15, 0.2) is 0 Å². The fourth-order valence-electron chi connectivity index (χ4n) is 0. The van der Waals surface area contributed by atoms with E-state index in [2.05, 4.69) is 0 Å². The molecule has 19 heavy (non-hydrogen) atoms. The molecule has 0 aliphatic rings. The van der Waals surface area contributed by atoms with Gasteiger partial charge in [0.05, 0.1) is 0 Å². The van der Waals surface area contributed by atoms with Crippen molar-refractivity contribution in [1.82, 2.24) is 6.15 Å². The van der Waals surface area contributed by atoms with E-state index in [9.17, 15) is 0 Å². The Balaban J connectivity index is -0.0000000000238. The first-order valence-electron chi connectivity index (χ1n) is 1.00. The zero-order valence-electron chi connectivity index (χ0n) is 13.8. The van der Waals surface area contributed by atoms with E-state index in [0.717, 1.165) is 0 Å². The van der Waals surface area contributed by atoms with Gasteiger partial charge in [0.15, 0.2) is 0 Å². The second-order valence-electron chi connectivity index (χ2n) is 0. The summed E-state index contributed by atoms with van der Waals surface area (Å²) < 4.78 is 0. The van der Waals surface area contributed by atoms with E-state index < -0.39 is 0 Å². The summed E-state index contributed by atoms with van der Waals surface area (Å²) in [5, 5.41) is 0. The summed E-state index contributed by atoms with van der Waals surface area (Å²) in [5.74, 6) is 0. The number of rotatable bonds is 0. The molecule has 0 fully saturated rings. The Labute approximate surface area is 368 Å². The molecule has 0 saturated carbocycles. The average molecular weight is 1140 g/mol. The Hall–Kier alpha value is 10.9. The van der Waals surface area contributed by atoms with E-state index in [1.165, 1.54) is 0 Å². The molecule has 0 saturated heterocycles. The fourth-order valence-corrected chi connectivity index (χ4v) is 0. The maximum atomic E-state index is 2.00. The van der Waals surface area contributed by atoms with Gasteiger partial charge in [-0.2, -0.15) is 87.3 Å². The van der Waals surface area contributed by atoms with Gasteiger partial charge < -0.3 is 9.00 Å². The quantitative estimate of drug-likeness (QED) is 0.181. The fraction of sp³-hybridized carbons (Fsp3) is 1.00. The van der Waals surface area contributed by atoms with Crippen LogP contribution in [-0.4, -0.2) is 0 Å². The molecule has 0 aromatic carbocycles. The van der Waals surface area contributed by atoms with Crippen LogP contribution in [0, 0.1) is 0 Å². The van der Waals surface area contributed by atoms with Crippen molar-refractivity contribution >= 4 is 159 Å². The van der Waals surface area contributed by atoms with Crippen LogP contribution in [0.4, 0.5) is 4.70 Å². The van der Waals surface area contributed by atoms with Crippen LogP contribution < -0.4 is 109 Å². The standard InChI is InChI=1S/C2H6.FH.3HI.2K.H3N.2H3P.5H2S.W.2Y.2H2.2H/c1-2;;;;;;;;;;;;;;;;;;;;;/h1-2H3;4*1H;;;3*1H3;5*1H2;;;;2*1H;;/q;;;;;2*+1;;;;;;;;;;;;;;2*-1/i;;;;;;;;;;;;;;;;;;1+2;;;. The number of hydrogen-bond acceptors (Lipinski definition) is 1. The molecule has 0 bridgehead atoms. The largest absolute Gasteiger partial charge is 1.00 e. The Morgan fingerprint density at radius 2 is 0.684 bits per heavy atom. The summed E-state index contributed by atoms with van der Waals surface area (Å²) in [6.07, 6.45) is 0. The third-order valence-corrected chi connectivity index (χ3v) is 0. The molecule has 0 aromatic rings. The molecule has 2 atom stereocenters. The second kappa shape index (κ2) is 190. The van der Waals surface area contributed by atoms with Crippen LogP contribution in [0.25, 0.3) is 0 Å². The maximum Gasteiger partial charge on any atom is 1.00 e. The second-order valence-corrected chi connectivity index (χ2v) is 0. The smallest absolute Gasteiger partial charge is 1.00 e. The van der Waals surface area contributed by atoms with Crippen LogP contribution in [0.5, 0.6) is 0 Å². The van der Waals surface area contributed by atoms with Crippen molar-refractivity contribution in [3.63, 3.8) is 0 Å². The van der Waals surface area contributed by atoms with Crippen molar-refractivity contribution in [2.24, 2.45) is 0 Å². The van der Waals surface area contributed by atoms with Gasteiger partial charge in [-0.25, -0.2) is 0 Å². The predicted molar refractivity (Wildman–Crippen MR) is 146 cm³/mol. The molecule has 0 amide bonds. The first-order valence-corrected chi connectivity index (χ1v) is 1.00. The van der Waals surface area contributed by atoms with Gasteiger partial charge in [0, 0.05) is 89.3 Å². The van der Waals surface area contributed by atoms with Gasteiger partial charge in [-0.15, -0.1) is 71.9 Å². The van der Waals surface area contributed by atoms with Gasteiger partial charge in [0.1, 0.15) is 0 Å². The van der Waals surface area contributed by atoms with Crippen molar-refractivity contribution < 1.29 is 200 Å². The topological polar surface area (TPSA) is 35.0 Å². The van der Waals surface area contributed by atoms with Gasteiger partial charge in [-0.3, -0.25) is 4.70 Å². The minimum Gasteiger partial charge on any atom is -1.00 e. The third-order valence-electron chi connectivity index (χ3n) is 0. The van der Waals surface area contributed by atoms with Gasteiger partial charge >= 0.3 is 103 Å². The van der Waals surface area contributed by atoms with Gasteiger partial charge in [-0.05, 0) is 0 Å². The summed E-state index contributed by atoms with van der Waals surface area (Å²) in [4.78, 5) is 0. The minimum atomic E-state index is 0. The first-order chi connectivity index (χ1) is 1.00. The van der Waals surface area contributed by atoms with E-state index in [1.54, 1.807) is 0 Å².